The number of ether oxygens (including phenoxy) is 1. The van der Waals surface area contributed by atoms with Gasteiger partial charge in [0.25, 0.3) is 5.91 Å². The van der Waals surface area contributed by atoms with Gasteiger partial charge in [-0.15, -0.1) is 0 Å². The number of nitrogens with one attached hydrogen (secondary N) is 1. The summed E-state index contributed by atoms with van der Waals surface area (Å²) < 4.78 is 5.09. The lowest BCUT2D eigenvalue weighted by Gasteiger charge is -2.28. The molecule has 1 aromatic rings. The van der Waals surface area contributed by atoms with E-state index in [2.05, 4.69) is 5.32 Å². The fourth-order valence-corrected chi connectivity index (χ4v) is 2.38. The van der Waals surface area contributed by atoms with E-state index >= 15 is 0 Å². The summed E-state index contributed by atoms with van der Waals surface area (Å²) in [6.45, 7) is 0. The lowest BCUT2D eigenvalue weighted by Crippen LogP contribution is -2.45. The van der Waals surface area contributed by atoms with E-state index in [1.807, 2.05) is 0 Å². The molecule has 2 atom stereocenters. The summed E-state index contributed by atoms with van der Waals surface area (Å²) in [4.78, 5) is 12.1. The van der Waals surface area contributed by atoms with Crippen LogP contribution in [-0.2, 0) is 0 Å². The number of aliphatic hydroxyl groups is 1. The maximum Gasteiger partial charge on any atom is 0.251 e. The van der Waals surface area contributed by atoms with Gasteiger partial charge in [-0.25, -0.2) is 0 Å². The van der Waals surface area contributed by atoms with Crippen LogP contribution < -0.4 is 15.8 Å². The fourth-order valence-electron chi connectivity index (χ4n) is 2.38. The topological polar surface area (TPSA) is 84.6 Å². The number of nitrogens with two attached hydrogens (primary N) is 1. The predicted octanol–water partition coefficient (Wildman–Crippen LogP) is 1.31. The first-order valence-corrected chi connectivity index (χ1v) is 6.54. The third-order valence-corrected chi connectivity index (χ3v) is 3.54. The molecule has 0 heterocycles. The molecular weight excluding hydrogens is 244 g/mol. The first-order valence-electron chi connectivity index (χ1n) is 6.54. The molecule has 0 saturated heterocycles. The average Bonchev–Trinajstić information content (AvgIpc) is 2.42. The van der Waals surface area contributed by atoms with Crippen molar-refractivity contribution in [3.63, 3.8) is 0 Å². The number of rotatable bonds is 3. The van der Waals surface area contributed by atoms with Gasteiger partial charge >= 0.3 is 0 Å². The monoisotopic (exact) mass is 264 g/mol. The van der Waals surface area contributed by atoms with E-state index in [0.29, 0.717) is 17.0 Å². The summed E-state index contributed by atoms with van der Waals surface area (Å²) in [5.74, 6) is 0.279. The molecule has 0 bridgehead atoms. The molecule has 1 fully saturated rings. The van der Waals surface area contributed by atoms with Crippen LogP contribution in [-0.4, -0.2) is 30.3 Å². The minimum absolute atomic E-state index is 0.162. The lowest BCUT2D eigenvalue weighted by molar-refractivity contribution is 0.0717. The highest BCUT2D eigenvalue weighted by Crippen LogP contribution is 2.23. The average molecular weight is 264 g/mol. The third kappa shape index (κ3) is 3.17. The quantitative estimate of drug-likeness (QED) is 0.719. The first kappa shape index (κ1) is 13.7. The normalized spacial score (nSPS) is 22.8. The highest BCUT2D eigenvalue weighted by Gasteiger charge is 2.24. The van der Waals surface area contributed by atoms with Crippen molar-refractivity contribution in [3.8, 4) is 5.75 Å². The maximum atomic E-state index is 12.1. The molecule has 1 saturated carbocycles. The van der Waals surface area contributed by atoms with E-state index in [9.17, 15) is 9.90 Å². The second-order valence-electron chi connectivity index (χ2n) is 4.89. The minimum Gasteiger partial charge on any atom is -0.495 e. The zero-order valence-electron chi connectivity index (χ0n) is 11.1. The number of hydrogen-bond acceptors (Lipinski definition) is 4. The SMILES string of the molecule is COc1cc(C(=O)NC2CCCC[C@@H]2O)ccc1N. The van der Waals surface area contributed by atoms with Crippen molar-refractivity contribution in [1.29, 1.82) is 0 Å². The summed E-state index contributed by atoms with van der Waals surface area (Å²) in [6, 6.07) is 4.75. The number of aliphatic hydroxyl groups excluding tert-OH is 1. The van der Waals surface area contributed by atoms with Gasteiger partial charge in [0, 0.05) is 5.56 Å². The molecule has 1 aliphatic rings. The van der Waals surface area contributed by atoms with Crippen LogP contribution in [0.25, 0.3) is 0 Å². The first-order chi connectivity index (χ1) is 9.11. The van der Waals surface area contributed by atoms with E-state index in [4.69, 9.17) is 10.5 Å². The molecule has 1 aromatic carbocycles. The number of nitrogen functional groups attached to an aromatic ring is 1. The maximum absolute atomic E-state index is 12.1. The molecule has 5 nitrogen and oxygen atoms in total. The molecule has 4 N–H and O–H groups in total. The van der Waals surface area contributed by atoms with Crippen molar-refractivity contribution in [2.24, 2.45) is 0 Å². The number of carbonyl (C=O) groups excluding carboxylic acids is 1. The molecule has 1 aliphatic carbocycles. The van der Waals surface area contributed by atoms with Crippen molar-refractivity contribution >= 4 is 11.6 Å². The molecule has 0 spiro atoms. The molecule has 0 radical (unpaired) electrons. The van der Waals surface area contributed by atoms with Gasteiger partial charge in [0.05, 0.1) is 24.9 Å². The van der Waals surface area contributed by atoms with Crippen LogP contribution in [0.15, 0.2) is 18.2 Å². The highest BCUT2D eigenvalue weighted by atomic mass is 16.5. The van der Waals surface area contributed by atoms with Gasteiger partial charge in [0.15, 0.2) is 0 Å². The molecule has 0 aliphatic heterocycles. The van der Waals surface area contributed by atoms with Crippen molar-refractivity contribution in [3.05, 3.63) is 23.8 Å². The number of amides is 1. The Morgan fingerprint density at radius 3 is 2.84 bits per heavy atom. The summed E-state index contributed by atoms with van der Waals surface area (Å²) in [5.41, 5.74) is 6.70. The predicted molar refractivity (Wildman–Crippen MR) is 73.1 cm³/mol. The van der Waals surface area contributed by atoms with E-state index < -0.39 is 6.10 Å². The molecule has 5 heteroatoms. The van der Waals surface area contributed by atoms with Crippen molar-refractivity contribution in [1.82, 2.24) is 5.32 Å². The zero-order valence-corrected chi connectivity index (χ0v) is 11.1. The van der Waals surface area contributed by atoms with Crippen molar-refractivity contribution in [2.45, 2.75) is 37.8 Å². The number of hydrogen-bond donors (Lipinski definition) is 3. The fraction of sp³-hybridized carbons (Fsp3) is 0.500. The highest BCUT2D eigenvalue weighted by molar-refractivity contribution is 5.95. The van der Waals surface area contributed by atoms with E-state index in [1.165, 1.54) is 7.11 Å². The van der Waals surface area contributed by atoms with Gasteiger partial charge < -0.3 is 20.9 Å². The molecule has 1 unspecified atom stereocenters. The van der Waals surface area contributed by atoms with E-state index in [-0.39, 0.29) is 11.9 Å². The Bertz CT molecular complexity index is 462. The van der Waals surface area contributed by atoms with Gasteiger partial charge in [-0.2, -0.15) is 0 Å². The Morgan fingerprint density at radius 1 is 1.42 bits per heavy atom. The van der Waals surface area contributed by atoms with Crippen LogP contribution in [0.5, 0.6) is 5.75 Å². The standard InChI is InChI=1S/C14H20N2O3/c1-19-13-8-9(6-7-10(13)15)14(18)16-11-4-2-3-5-12(11)17/h6-8,11-12,17H,2-5,15H2,1H3,(H,16,18)/t11?,12-/m0/s1. The molecule has 0 aromatic heterocycles. The number of benzene rings is 1. The van der Waals surface area contributed by atoms with Gasteiger partial charge in [-0.3, -0.25) is 4.79 Å². The van der Waals surface area contributed by atoms with E-state index in [0.717, 1.165) is 25.7 Å². The number of carbonyl (C=O) groups is 1. The Labute approximate surface area is 112 Å². The second kappa shape index (κ2) is 5.93. The summed E-state index contributed by atoms with van der Waals surface area (Å²) in [5, 5.41) is 12.7. The Morgan fingerprint density at radius 2 is 2.16 bits per heavy atom. The Kier molecular flexibility index (Phi) is 4.27. The molecule has 104 valence electrons. The van der Waals surface area contributed by atoms with Crippen molar-refractivity contribution < 1.29 is 14.6 Å². The van der Waals surface area contributed by atoms with Crippen molar-refractivity contribution in [2.75, 3.05) is 12.8 Å². The largest absolute Gasteiger partial charge is 0.495 e. The van der Waals surface area contributed by atoms with Crippen LogP contribution in [0.3, 0.4) is 0 Å². The molecule has 1 amide bonds. The number of methoxy groups -OCH3 is 1. The smallest absolute Gasteiger partial charge is 0.251 e. The van der Waals surface area contributed by atoms with Crippen LogP contribution in [0.4, 0.5) is 5.69 Å². The van der Waals surface area contributed by atoms with Gasteiger partial charge in [-0.1, -0.05) is 12.8 Å². The van der Waals surface area contributed by atoms with E-state index in [1.54, 1.807) is 18.2 Å². The lowest BCUT2D eigenvalue weighted by atomic mass is 9.92. The van der Waals surface area contributed by atoms with Crippen LogP contribution in [0.1, 0.15) is 36.0 Å². The van der Waals surface area contributed by atoms with Crippen LogP contribution in [0, 0.1) is 0 Å². The summed E-state index contributed by atoms with van der Waals surface area (Å²) in [7, 11) is 1.51. The summed E-state index contributed by atoms with van der Waals surface area (Å²) in [6.07, 6.45) is 3.17. The van der Waals surface area contributed by atoms with Gasteiger partial charge in [0.2, 0.25) is 0 Å². The Balaban J connectivity index is 2.07. The molecule has 2 rings (SSSR count). The van der Waals surface area contributed by atoms with Crippen LogP contribution >= 0.6 is 0 Å². The summed E-state index contributed by atoms with van der Waals surface area (Å²) >= 11 is 0. The Hall–Kier alpha value is -1.75. The third-order valence-electron chi connectivity index (χ3n) is 3.54. The van der Waals surface area contributed by atoms with Gasteiger partial charge in [0.1, 0.15) is 5.75 Å². The minimum atomic E-state index is -0.451. The second-order valence-corrected chi connectivity index (χ2v) is 4.89. The molecule has 19 heavy (non-hydrogen) atoms. The zero-order chi connectivity index (χ0) is 13.8. The van der Waals surface area contributed by atoms with Gasteiger partial charge in [-0.05, 0) is 31.0 Å². The molecular formula is C14H20N2O3. The van der Waals surface area contributed by atoms with Crippen LogP contribution in [0.2, 0.25) is 0 Å². The number of anilines is 1.